The molecule has 7 aromatic rings. The molecule has 0 amide bonds. The first kappa shape index (κ1) is 41.5. The second kappa shape index (κ2) is 21.4. The number of ketones is 1. The maximum atomic E-state index is 10.5. The number of allylic oxidation sites excluding steroid dienone is 6. The van der Waals surface area contributed by atoms with Gasteiger partial charge in [0.1, 0.15) is 0 Å². The van der Waals surface area contributed by atoms with E-state index in [2.05, 4.69) is 102 Å². The standard InChI is InChI=1S/C30H23N.C15H10N.C5H8O2.Ir/c1-2-9-29(22-30(31)28-12-7-4-8-13-28)27-20-18-26(19-21-27)25-16-14-24(15-17-25)23-10-5-3-6-11-23;1-2-6-12(7-3-1)15-11-10-13-8-4-5-9-14(13)16-15;1-4(6)3-5(2)7;/h2-12,14-22H,1H3;1-6,8-11H;3,6H,1-2H3;/q-2;-1;;+3/b9-2-,29-22+;;4-3-;. The number of carbonyl (C=O) groups is 1. The van der Waals surface area contributed by atoms with Gasteiger partial charge >= 0.3 is 20.1 Å². The third-order valence-electron chi connectivity index (χ3n) is 8.16. The van der Waals surface area contributed by atoms with Crippen molar-refractivity contribution in [1.82, 2.24) is 4.98 Å². The van der Waals surface area contributed by atoms with E-state index in [1.165, 1.54) is 42.0 Å². The van der Waals surface area contributed by atoms with Gasteiger partial charge in [-0.25, -0.2) is 5.71 Å². The number of aliphatic hydroxyl groups is 1. The fourth-order valence-electron chi connectivity index (χ4n) is 5.59. The monoisotopic (exact) mass is 894 g/mol. The normalized spacial score (nSPS) is 11.0. The zero-order valence-electron chi connectivity index (χ0n) is 31.0. The summed E-state index contributed by atoms with van der Waals surface area (Å²) in [7, 11) is 0. The minimum atomic E-state index is -0.125. The zero-order valence-corrected chi connectivity index (χ0v) is 33.4. The van der Waals surface area contributed by atoms with E-state index in [4.69, 9.17) is 5.11 Å². The van der Waals surface area contributed by atoms with Gasteiger partial charge in [0, 0.05) is 6.08 Å². The molecule has 0 saturated heterocycles. The van der Waals surface area contributed by atoms with Gasteiger partial charge in [-0.05, 0) is 71.3 Å². The first-order valence-corrected chi connectivity index (χ1v) is 17.6. The summed E-state index contributed by atoms with van der Waals surface area (Å²) in [6.07, 6.45) is 6.93. The van der Waals surface area contributed by atoms with Crippen LogP contribution >= 0.6 is 0 Å². The molecule has 0 radical (unpaired) electrons. The van der Waals surface area contributed by atoms with Crippen molar-refractivity contribution < 1.29 is 30.0 Å². The predicted molar refractivity (Wildman–Crippen MR) is 226 cm³/mol. The summed E-state index contributed by atoms with van der Waals surface area (Å²) >= 11 is 0. The molecule has 0 unspecified atom stereocenters. The van der Waals surface area contributed by atoms with Crippen LogP contribution in [-0.4, -0.2) is 21.6 Å². The Kier molecular flexibility index (Phi) is 16.2. The minimum Gasteiger partial charge on any atom is -0.855 e. The van der Waals surface area contributed by atoms with E-state index in [-0.39, 0.29) is 37.4 Å². The van der Waals surface area contributed by atoms with Crippen molar-refractivity contribution in [3.8, 4) is 33.5 Å². The van der Waals surface area contributed by atoms with Crippen LogP contribution in [0.2, 0.25) is 0 Å². The first-order chi connectivity index (χ1) is 26.3. The van der Waals surface area contributed by atoms with Gasteiger partial charge in [0.2, 0.25) is 0 Å². The molecule has 0 saturated carbocycles. The van der Waals surface area contributed by atoms with Gasteiger partial charge < -0.3 is 10.5 Å². The Balaban J connectivity index is 0.000000232. The van der Waals surface area contributed by atoms with E-state index >= 15 is 0 Å². The van der Waals surface area contributed by atoms with E-state index < -0.39 is 0 Å². The van der Waals surface area contributed by atoms with Crippen molar-refractivity contribution in [2.75, 3.05) is 0 Å². The molecule has 4 nitrogen and oxygen atoms in total. The van der Waals surface area contributed by atoms with Gasteiger partial charge in [-0.2, -0.15) is 5.56 Å². The molecule has 1 heterocycles. The molecule has 0 bridgehead atoms. The average molecular weight is 894 g/mol. The molecule has 0 atom stereocenters. The Hall–Kier alpha value is -6.26. The van der Waals surface area contributed by atoms with Gasteiger partial charge in [0.15, 0.2) is 5.78 Å². The molecule has 0 aliphatic carbocycles. The van der Waals surface area contributed by atoms with Gasteiger partial charge in [0.25, 0.3) is 0 Å². The smallest absolute Gasteiger partial charge is 0.855 e. The predicted octanol–water partition coefficient (Wildman–Crippen LogP) is 12.6. The third-order valence-corrected chi connectivity index (χ3v) is 8.16. The van der Waals surface area contributed by atoms with Crippen LogP contribution in [0.4, 0.5) is 0 Å². The summed E-state index contributed by atoms with van der Waals surface area (Å²) in [6, 6.07) is 61.3. The number of benzene rings is 6. The van der Waals surface area contributed by atoms with Crippen LogP contribution in [-0.2, 0) is 24.9 Å². The van der Waals surface area contributed by atoms with Crippen LogP contribution in [0.1, 0.15) is 31.9 Å². The number of fused-ring (bicyclic) bond motifs is 1. The van der Waals surface area contributed by atoms with Crippen LogP contribution in [0, 0.1) is 12.1 Å². The molecule has 6 aromatic carbocycles. The molecule has 5 heteroatoms. The minimum absolute atomic E-state index is 0. The third kappa shape index (κ3) is 12.7. The number of hydrogen-bond acceptors (Lipinski definition) is 3. The van der Waals surface area contributed by atoms with Crippen molar-refractivity contribution in [2.45, 2.75) is 20.8 Å². The summed E-state index contributed by atoms with van der Waals surface area (Å²) in [5.74, 6) is -0.0625. The summed E-state index contributed by atoms with van der Waals surface area (Å²) in [4.78, 5) is 14.6. The molecule has 0 spiro atoms. The second-order valence-corrected chi connectivity index (χ2v) is 12.3. The van der Waals surface area contributed by atoms with Crippen LogP contribution in [0.3, 0.4) is 0 Å². The molecule has 0 aliphatic rings. The number of aromatic nitrogens is 1. The molecule has 55 heavy (non-hydrogen) atoms. The average Bonchev–Trinajstić information content (AvgIpc) is 3.21. The Morgan fingerprint density at radius 2 is 1.20 bits per heavy atom. The number of carbonyl (C=O) groups excluding carboxylic acids is 1. The maximum Gasteiger partial charge on any atom is 3.00 e. The summed E-state index contributed by atoms with van der Waals surface area (Å²) < 4.78 is 0. The zero-order chi connectivity index (χ0) is 38.1. The summed E-state index contributed by atoms with van der Waals surface area (Å²) in [6.45, 7) is 4.82. The Labute approximate surface area is 338 Å². The molecule has 0 fully saturated rings. The number of nitrogens with zero attached hydrogens (tertiary/aromatic N) is 2. The first-order valence-electron chi connectivity index (χ1n) is 17.6. The summed E-state index contributed by atoms with van der Waals surface area (Å²) in [5.41, 5.74) is 10.7. The Morgan fingerprint density at radius 1 is 0.636 bits per heavy atom. The van der Waals surface area contributed by atoms with Crippen molar-refractivity contribution in [3.63, 3.8) is 0 Å². The molecule has 0 aliphatic heterocycles. The largest absolute Gasteiger partial charge is 3.00 e. The molecular formula is C50H41IrN2O2. The van der Waals surface area contributed by atoms with Gasteiger partial charge in [0.05, 0.1) is 11.3 Å². The number of para-hydroxylation sites is 1. The Bertz CT molecular complexity index is 2360. The molecular weight excluding hydrogens is 853 g/mol. The van der Waals surface area contributed by atoms with Crippen LogP contribution in [0.15, 0.2) is 194 Å². The van der Waals surface area contributed by atoms with Crippen molar-refractivity contribution in [1.29, 1.82) is 0 Å². The molecule has 7 rings (SSSR count). The topological polar surface area (TPSA) is 72.5 Å². The van der Waals surface area contributed by atoms with E-state index in [1.807, 2.05) is 91.9 Å². The van der Waals surface area contributed by atoms with Crippen LogP contribution < -0.4 is 0 Å². The van der Waals surface area contributed by atoms with Crippen LogP contribution in [0.25, 0.3) is 55.4 Å². The van der Waals surface area contributed by atoms with E-state index in [1.54, 1.807) is 12.1 Å². The SMILES string of the molecule is C/C=C\C(=C/C(=[N-])c1[c-]cccc1)c1ccc(-c2ccc(-c3ccccc3)cc2)cc1.CC(=O)/C=C(/C)O.[Ir+3].[c-]1ccccc1-c1ccc2ccccc2n1. The van der Waals surface area contributed by atoms with Crippen molar-refractivity contribution in [3.05, 3.63) is 223 Å². The molecule has 1 aromatic heterocycles. The fourth-order valence-corrected chi connectivity index (χ4v) is 5.59. The molecule has 272 valence electrons. The van der Waals surface area contributed by atoms with Crippen LogP contribution in [0.5, 0.6) is 0 Å². The second-order valence-electron chi connectivity index (χ2n) is 12.3. The van der Waals surface area contributed by atoms with Gasteiger partial charge in [-0.1, -0.05) is 121 Å². The number of pyridine rings is 1. The quantitative estimate of drug-likeness (QED) is 0.0543. The fraction of sp³-hybridized carbons (Fsp3) is 0.0600. The number of rotatable bonds is 8. The van der Waals surface area contributed by atoms with Crippen molar-refractivity contribution in [2.24, 2.45) is 0 Å². The van der Waals surface area contributed by atoms with E-state index in [9.17, 15) is 10.2 Å². The van der Waals surface area contributed by atoms with E-state index in [0.717, 1.165) is 33.5 Å². The number of hydrogen-bond donors (Lipinski definition) is 1. The molecule has 1 N–H and O–H groups in total. The van der Waals surface area contributed by atoms with Gasteiger partial charge in [-0.3, -0.25) is 9.78 Å². The maximum absolute atomic E-state index is 10.5. The summed E-state index contributed by atoms with van der Waals surface area (Å²) in [5, 5.41) is 20.0. The van der Waals surface area contributed by atoms with Gasteiger partial charge in [-0.15, -0.1) is 72.3 Å². The Morgan fingerprint density at radius 3 is 1.75 bits per heavy atom. The van der Waals surface area contributed by atoms with Crippen molar-refractivity contribution >= 4 is 28.0 Å². The number of aliphatic hydroxyl groups excluding tert-OH is 1. The van der Waals surface area contributed by atoms with E-state index in [0.29, 0.717) is 5.56 Å².